The van der Waals surface area contributed by atoms with Gasteiger partial charge in [0.2, 0.25) is 0 Å². The van der Waals surface area contributed by atoms with Crippen LogP contribution in [0.15, 0.2) is 18.3 Å². The molecule has 0 aliphatic rings. The molecule has 4 nitrogen and oxygen atoms in total. The fraction of sp³-hybridized carbons (Fsp3) is 0.300. The molecule has 0 amide bonds. The summed E-state index contributed by atoms with van der Waals surface area (Å²) >= 11 is 6.08. The molecule has 15 heavy (non-hydrogen) atoms. The molecule has 2 heterocycles. The zero-order chi connectivity index (χ0) is 11.0. The minimum Gasteiger partial charge on any atom is -0.497 e. The smallest absolute Gasteiger partial charge is 0.147 e. The second-order valence-electron chi connectivity index (χ2n) is 3.44. The van der Waals surface area contributed by atoms with Gasteiger partial charge in [0.05, 0.1) is 13.3 Å². The number of aromatic nitrogens is 2. The molecule has 0 aromatic carbocycles. The fourth-order valence-electron chi connectivity index (χ4n) is 1.34. The van der Waals surface area contributed by atoms with Gasteiger partial charge in [-0.2, -0.15) is 0 Å². The maximum Gasteiger partial charge on any atom is 0.147 e. The number of pyridine rings is 1. The van der Waals surface area contributed by atoms with Crippen molar-refractivity contribution in [3.63, 3.8) is 0 Å². The lowest BCUT2D eigenvalue weighted by atomic mass is 10.4. The molecule has 0 spiro atoms. The molecule has 80 valence electrons. The van der Waals surface area contributed by atoms with Crippen molar-refractivity contribution in [3.8, 4) is 5.75 Å². The summed E-state index contributed by atoms with van der Waals surface area (Å²) in [4.78, 5) is 6.33. The zero-order valence-electron chi connectivity index (χ0n) is 8.86. The number of ether oxygens (including phenoxy) is 1. The van der Waals surface area contributed by atoms with Crippen LogP contribution in [0.25, 0.3) is 5.65 Å². The Labute approximate surface area is 93.0 Å². The van der Waals surface area contributed by atoms with Crippen molar-refractivity contribution in [2.75, 3.05) is 26.1 Å². The maximum atomic E-state index is 6.08. The normalized spacial score (nSPS) is 10.7. The molecular formula is C10H12ClN3O. The van der Waals surface area contributed by atoms with Gasteiger partial charge in [-0.25, -0.2) is 4.98 Å². The SMILES string of the molecule is COc1cc(Cl)n2cc(N(C)C)nc2c1. The lowest BCUT2D eigenvalue weighted by molar-refractivity contribution is 0.414. The molecule has 0 saturated carbocycles. The summed E-state index contributed by atoms with van der Waals surface area (Å²) in [5.41, 5.74) is 0.781. The van der Waals surface area contributed by atoms with Crippen molar-refractivity contribution in [1.82, 2.24) is 9.38 Å². The van der Waals surface area contributed by atoms with Gasteiger partial charge in [0.15, 0.2) is 0 Å². The van der Waals surface area contributed by atoms with E-state index in [1.807, 2.05) is 35.7 Å². The highest BCUT2D eigenvalue weighted by Crippen LogP contribution is 2.23. The van der Waals surface area contributed by atoms with Crippen molar-refractivity contribution in [1.29, 1.82) is 0 Å². The Hall–Kier alpha value is -1.42. The summed E-state index contributed by atoms with van der Waals surface area (Å²) in [7, 11) is 5.48. The van der Waals surface area contributed by atoms with Gasteiger partial charge in [-0.05, 0) is 0 Å². The Morgan fingerprint density at radius 2 is 2.13 bits per heavy atom. The fourth-order valence-corrected chi connectivity index (χ4v) is 1.59. The third-order valence-corrected chi connectivity index (χ3v) is 2.47. The van der Waals surface area contributed by atoms with Crippen LogP contribution < -0.4 is 9.64 Å². The lowest BCUT2D eigenvalue weighted by Crippen LogP contribution is -2.08. The van der Waals surface area contributed by atoms with Crippen LogP contribution in [0.5, 0.6) is 5.75 Å². The maximum absolute atomic E-state index is 6.08. The van der Waals surface area contributed by atoms with Gasteiger partial charge >= 0.3 is 0 Å². The Morgan fingerprint density at radius 1 is 1.40 bits per heavy atom. The van der Waals surface area contributed by atoms with E-state index in [9.17, 15) is 0 Å². The predicted molar refractivity (Wildman–Crippen MR) is 61.1 cm³/mol. The zero-order valence-corrected chi connectivity index (χ0v) is 9.62. The van der Waals surface area contributed by atoms with Crippen LogP contribution in [0, 0.1) is 0 Å². The van der Waals surface area contributed by atoms with Crippen LogP contribution in [0.3, 0.4) is 0 Å². The largest absolute Gasteiger partial charge is 0.497 e. The van der Waals surface area contributed by atoms with Crippen LogP contribution >= 0.6 is 11.6 Å². The summed E-state index contributed by atoms with van der Waals surface area (Å²) in [5, 5.41) is 0.588. The highest BCUT2D eigenvalue weighted by molar-refractivity contribution is 6.30. The number of fused-ring (bicyclic) bond motifs is 1. The van der Waals surface area contributed by atoms with E-state index in [1.54, 1.807) is 13.2 Å². The third kappa shape index (κ3) is 1.72. The van der Waals surface area contributed by atoms with E-state index in [2.05, 4.69) is 4.98 Å². The molecule has 0 fully saturated rings. The molecule has 0 aliphatic carbocycles. The molecule has 0 aliphatic heterocycles. The molecule has 5 heteroatoms. The van der Waals surface area contributed by atoms with Crippen molar-refractivity contribution in [3.05, 3.63) is 23.5 Å². The number of anilines is 1. The van der Waals surface area contributed by atoms with E-state index in [4.69, 9.17) is 16.3 Å². The Morgan fingerprint density at radius 3 is 2.73 bits per heavy atom. The van der Waals surface area contributed by atoms with E-state index in [-0.39, 0.29) is 0 Å². The molecule has 0 saturated heterocycles. The molecule has 0 radical (unpaired) electrons. The van der Waals surface area contributed by atoms with E-state index in [0.717, 1.165) is 11.5 Å². The predicted octanol–water partition coefficient (Wildman–Crippen LogP) is 2.06. The molecule has 2 aromatic heterocycles. The summed E-state index contributed by atoms with van der Waals surface area (Å²) in [6, 6.07) is 3.61. The quantitative estimate of drug-likeness (QED) is 0.733. The number of hydrogen-bond donors (Lipinski definition) is 0. The number of nitrogens with zero attached hydrogens (tertiary/aromatic N) is 3. The van der Waals surface area contributed by atoms with Gasteiger partial charge in [0.25, 0.3) is 0 Å². The van der Waals surface area contributed by atoms with Crippen molar-refractivity contribution >= 4 is 23.1 Å². The molecule has 0 bridgehead atoms. The van der Waals surface area contributed by atoms with E-state index >= 15 is 0 Å². The highest BCUT2D eigenvalue weighted by Gasteiger charge is 2.07. The van der Waals surface area contributed by atoms with E-state index in [0.29, 0.717) is 10.9 Å². The lowest BCUT2D eigenvalue weighted by Gasteiger charge is -2.05. The summed E-state index contributed by atoms with van der Waals surface area (Å²) in [5.74, 6) is 1.58. The number of imidazole rings is 1. The van der Waals surface area contributed by atoms with Crippen LogP contribution in [0.2, 0.25) is 5.15 Å². The average molecular weight is 226 g/mol. The second-order valence-corrected chi connectivity index (χ2v) is 3.83. The van der Waals surface area contributed by atoms with Gasteiger partial charge in [-0.1, -0.05) is 11.6 Å². The van der Waals surface area contributed by atoms with E-state index < -0.39 is 0 Å². The Balaban J connectivity index is 2.64. The van der Waals surface area contributed by atoms with Crippen LogP contribution in [-0.2, 0) is 0 Å². The molecule has 2 aromatic rings. The number of hydrogen-bond acceptors (Lipinski definition) is 3. The van der Waals surface area contributed by atoms with E-state index in [1.165, 1.54) is 0 Å². The molecule has 0 atom stereocenters. The summed E-state index contributed by atoms with van der Waals surface area (Å²) < 4.78 is 6.94. The molecule has 0 unspecified atom stereocenters. The second kappa shape index (κ2) is 3.62. The Kier molecular flexibility index (Phi) is 2.44. The van der Waals surface area contributed by atoms with Crippen molar-refractivity contribution in [2.24, 2.45) is 0 Å². The number of rotatable bonds is 2. The van der Waals surface area contributed by atoms with Crippen molar-refractivity contribution < 1.29 is 4.74 Å². The van der Waals surface area contributed by atoms with Crippen molar-refractivity contribution in [2.45, 2.75) is 0 Å². The van der Waals surface area contributed by atoms with Gasteiger partial charge < -0.3 is 9.64 Å². The molecule has 2 rings (SSSR count). The third-order valence-electron chi connectivity index (χ3n) is 2.18. The van der Waals surface area contributed by atoms with Gasteiger partial charge in [-0.15, -0.1) is 0 Å². The van der Waals surface area contributed by atoms with Gasteiger partial charge in [-0.3, -0.25) is 4.40 Å². The first-order valence-corrected chi connectivity index (χ1v) is 4.89. The van der Waals surface area contributed by atoms with Crippen LogP contribution in [-0.4, -0.2) is 30.6 Å². The summed E-state index contributed by atoms with van der Waals surface area (Å²) in [6.07, 6.45) is 1.89. The standard InChI is InChI=1S/C10H12ClN3O/c1-13(2)10-6-14-8(11)4-7(15-3)5-9(14)12-10/h4-6H,1-3H3. The Bertz CT molecular complexity index is 493. The first kappa shape index (κ1) is 10.1. The molecule has 0 N–H and O–H groups in total. The number of methoxy groups -OCH3 is 1. The average Bonchev–Trinajstić information content (AvgIpc) is 2.61. The monoisotopic (exact) mass is 225 g/mol. The minimum absolute atomic E-state index is 0.588. The number of halogens is 1. The van der Waals surface area contributed by atoms with Gasteiger partial charge in [0.1, 0.15) is 22.4 Å². The summed E-state index contributed by atoms with van der Waals surface area (Å²) in [6.45, 7) is 0. The minimum atomic E-state index is 0.588. The first-order valence-electron chi connectivity index (χ1n) is 4.52. The first-order chi connectivity index (χ1) is 7.11. The van der Waals surface area contributed by atoms with Crippen LogP contribution in [0.1, 0.15) is 0 Å². The van der Waals surface area contributed by atoms with Crippen LogP contribution in [0.4, 0.5) is 5.82 Å². The topological polar surface area (TPSA) is 29.8 Å². The molecular weight excluding hydrogens is 214 g/mol. The highest BCUT2D eigenvalue weighted by atomic mass is 35.5. The van der Waals surface area contributed by atoms with Gasteiger partial charge in [0, 0.05) is 26.2 Å².